The lowest BCUT2D eigenvalue weighted by molar-refractivity contribution is -0.136. The Hall–Kier alpha value is -2.75. The van der Waals surface area contributed by atoms with Crippen molar-refractivity contribution >= 4 is 11.4 Å². The quantitative estimate of drug-likeness (QED) is 0.614. The Balaban J connectivity index is 2.03. The van der Waals surface area contributed by atoms with Crippen LogP contribution in [-0.2, 0) is 6.18 Å². The number of benzene rings is 3. The highest BCUT2D eigenvalue weighted by atomic mass is 19.4. The molecule has 0 fully saturated rings. The summed E-state index contributed by atoms with van der Waals surface area (Å²) in [5.74, 6) is 0. The van der Waals surface area contributed by atoms with Crippen molar-refractivity contribution in [1.82, 2.24) is 0 Å². The van der Waals surface area contributed by atoms with Crippen LogP contribution in [0.5, 0.6) is 0 Å². The van der Waals surface area contributed by atoms with Gasteiger partial charge in [0, 0.05) is 11.3 Å². The molecule has 0 spiro atoms. The van der Waals surface area contributed by atoms with Crippen LogP contribution in [0.2, 0.25) is 0 Å². The van der Waals surface area contributed by atoms with Crippen LogP contribution in [0.15, 0.2) is 78.9 Å². The zero-order chi connectivity index (χ0) is 16.3. The van der Waals surface area contributed by atoms with E-state index in [1.54, 1.807) is 18.2 Å². The summed E-state index contributed by atoms with van der Waals surface area (Å²) >= 11 is 0. The molecule has 0 amide bonds. The molecule has 1 N–H and O–H groups in total. The van der Waals surface area contributed by atoms with Gasteiger partial charge in [-0.25, -0.2) is 0 Å². The van der Waals surface area contributed by atoms with E-state index in [0.29, 0.717) is 5.69 Å². The van der Waals surface area contributed by atoms with Crippen LogP contribution in [0.1, 0.15) is 5.56 Å². The van der Waals surface area contributed by atoms with Crippen LogP contribution in [0.4, 0.5) is 24.5 Å². The monoisotopic (exact) mass is 313 g/mol. The lowest BCUT2D eigenvalue weighted by Crippen LogP contribution is -2.08. The lowest BCUT2D eigenvalue weighted by Gasteiger charge is -2.16. The third-order valence-corrected chi connectivity index (χ3v) is 3.51. The van der Waals surface area contributed by atoms with E-state index in [1.165, 1.54) is 12.1 Å². The number of alkyl halides is 3. The Morgan fingerprint density at radius 3 is 1.87 bits per heavy atom. The highest BCUT2D eigenvalue weighted by molar-refractivity contribution is 5.81. The van der Waals surface area contributed by atoms with Gasteiger partial charge in [-0.15, -0.1) is 0 Å². The van der Waals surface area contributed by atoms with E-state index >= 15 is 0 Å². The summed E-state index contributed by atoms with van der Waals surface area (Å²) in [6.07, 6.45) is -4.40. The first kappa shape index (κ1) is 15.2. The fraction of sp³-hybridized carbons (Fsp3) is 0.0526. The molecule has 0 aliphatic rings. The van der Waals surface area contributed by atoms with Gasteiger partial charge in [0.1, 0.15) is 0 Å². The van der Waals surface area contributed by atoms with E-state index in [-0.39, 0.29) is 5.69 Å². The molecule has 23 heavy (non-hydrogen) atoms. The minimum absolute atomic E-state index is 0.0448. The molecular weight excluding hydrogens is 299 g/mol. The molecule has 0 saturated heterocycles. The summed E-state index contributed by atoms with van der Waals surface area (Å²) < 4.78 is 39.4. The van der Waals surface area contributed by atoms with Gasteiger partial charge in [-0.2, -0.15) is 13.2 Å². The van der Waals surface area contributed by atoms with Crippen molar-refractivity contribution < 1.29 is 13.2 Å². The molecule has 0 bridgehead atoms. The molecule has 3 aromatic carbocycles. The van der Waals surface area contributed by atoms with Gasteiger partial charge >= 0.3 is 6.18 Å². The minimum atomic E-state index is -4.40. The average molecular weight is 313 g/mol. The molecule has 0 aliphatic heterocycles. The zero-order valence-corrected chi connectivity index (χ0v) is 12.1. The largest absolute Gasteiger partial charge is 0.418 e. The SMILES string of the molecule is FC(F)(F)c1ccccc1Nc1ccccc1-c1ccccc1. The van der Waals surface area contributed by atoms with E-state index in [4.69, 9.17) is 0 Å². The van der Waals surface area contributed by atoms with Crippen molar-refractivity contribution in [3.8, 4) is 11.1 Å². The maximum Gasteiger partial charge on any atom is 0.418 e. The fourth-order valence-electron chi connectivity index (χ4n) is 2.45. The first-order valence-corrected chi connectivity index (χ1v) is 7.13. The third-order valence-electron chi connectivity index (χ3n) is 3.51. The van der Waals surface area contributed by atoms with Crippen LogP contribution >= 0.6 is 0 Å². The molecule has 4 heteroatoms. The van der Waals surface area contributed by atoms with Crippen molar-refractivity contribution in [2.75, 3.05) is 5.32 Å². The number of hydrogen-bond donors (Lipinski definition) is 1. The van der Waals surface area contributed by atoms with Gasteiger partial charge in [-0.1, -0.05) is 60.7 Å². The van der Waals surface area contributed by atoms with E-state index < -0.39 is 11.7 Å². The van der Waals surface area contributed by atoms with Gasteiger partial charge in [-0.3, -0.25) is 0 Å². The van der Waals surface area contributed by atoms with Crippen LogP contribution < -0.4 is 5.32 Å². The second kappa shape index (κ2) is 6.16. The predicted octanol–water partition coefficient (Wildman–Crippen LogP) is 6.12. The molecule has 0 aliphatic carbocycles. The highest BCUT2D eigenvalue weighted by Gasteiger charge is 2.33. The lowest BCUT2D eigenvalue weighted by atomic mass is 10.0. The second-order valence-electron chi connectivity index (χ2n) is 5.08. The van der Waals surface area contributed by atoms with E-state index in [1.807, 2.05) is 42.5 Å². The molecule has 0 saturated carbocycles. The molecule has 3 aromatic rings. The number of rotatable bonds is 3. The van der Waals surface area contributed by atoms with Crippen molar-refractivity contribution in [2.24, 2.45) is 0 Å². The minimum Gasteiger partial charge on any atom is -0.355 e. The van der Waals surface area contributed by atoms with Crippen molar-refractivity contribution in [3.05, 3.63) is 84.4 Å². The Morgan fingerprint density at radius 2 is 1.17 bits per heavy atom. The molecule has 0 atom stereocenters. The normalized spacial score (nSPS) is 11.3. The van der Waals surface area contributed by atoms with Gasteiger partial charge < -0.3 is 5.32 Å². The van der Waals surface area contributed by atoms with E-state index in [2.05, 4.69) is 5.32 Å². The molecule has 116 valence electrons. The van der Waals surface area contributed by atoms with Crippen molar-refractivity contribution in [1.29, 1.82) is 0 Å². The summed E-state index contributed by atoms with van der Waals surface area (Å²) in [5.41, 5.74) is 1.80. The number of anilines is 2. The maximum atomic E-state index is 13.1. The Labute approximate surface area is 132 Å². The molecule has 0 radical (unpaired) electrons. The summed E-state index contributed by atoms with van der Waals surface area (Å²) in [7, 11) is 0. The molecular formula is C19H14F3N. The summed E-state index contributed by atoms with van der Waals surface area (Å²) in [6, 6.07) is 22.4. The van der Waals surface area contributed by atoms with E-state index in [9.17, 15) is 13.2 Å². The van der Waals surface area contributed by atoms with Crippen LogP contribution in [0.25, 0.3) is 11.1 Å². The molecule has 0 unspecified atom stereocenters. The van der Waals surface area contributed by atoms with Crippen molar-refractivity contribution in [3.63, 3.8) is 0 Å². The van der Waals surface area contributed by atoms with Gasteiger partial charge in [0.15, 0.2) is 0 Å². The molecule has 0 heterocycles. The summed E-state index contributed by atoms with van der Waals surface area (Å²) in [4.78, 5) is 0. The molecule has 0 aromatic heterocycles. The number of hydrogen-bond acceptors (Lipinski definition) is 1. The van der Waals surface area contributed by atoms with E-state index in [0.717, 1.165) is 17.2 Å². The maximum absolute atomic E-state index is 13.1. The van der Waals surface area contributed by atoms with Crippen molar-refractivity contribution in [2.45, 2.75) is 6.18 Å². The standard InChI is InChI=1S/C19H14F3N/c20-19(21,22)16-11-5-7-13-18(16)23-17-12-6-4-10-15(17)14-8-2-1-3-9-14/h1-13,23H. The van der Waals surface area contributed by atoms with Gasteiger partial charge in [0.05, 0.1) is 11.3 Å². The summed E-state index contributed by atoms with van der Waals surface area (Å²) in [5, 5.41) is 2.93. The zero-order valence-electron chi connectivity index (χ0n) is 12.1. The van der Waals surface area contributed by atoms with Crippen LogP contribution in [0.3, 0.4) is 0 Å². The Kier molecular flexibility index (Phi) is 4.06. The average Bonchev–Trinajstić information content (AvgIpc) is 2.56. The van der Waals surface area contributed by atoms with Crippen LogP contribution in [0, 0.1) is 0 Å². The third kappa shape index (κ3) is 3.37. The second-order valence-corrected chi connectivity index (χ2v) is 5.08. The molecule has 1 nitrogen and oxygen atoms in total. The highest BCUT2D eigenvalue weighted by Crippen LogP contribution is 2.37. The topological polar surface area (TPSA) is 12.0 Å². The Morgan fingerprint density at radius 1 is 0.609 bits per heavy atom. The van der Waals surface area contributed by atoms with Crippen LogP contribution in [-0.4, -0.2) is 0 Å². The van der Waals surface area contributed by atoms with Gasteiger partial charge in [-0.05, 0) is 23.8 Å². The first-order valence-electron chi connectivity index (χ1n) is 7.13. The fourth-order valence-corrected chi connectivity index (χ4v) is 2.45. The van der Waals surface area contributed by atoms with Gasteiger partial charge in [0.25, 0.3) is 0 Å². The van der Waals surface area contributed by atoms with Gasteiger partial charge in [0.2, 0.25) is 0 Å². The Bertz CT molecular complexity index is 795. The predicted molar refractivity (Wildman–Crippen MR) is 86.6 cm³/mol. The molecule has 3 rings (SSSR count). The smallest absolute Gasteiger partial charge is 0.355 e. The summed E-state index contributed by atoms with van der Waals surface area (Å²) in [6.45, 7) is 0. The number of halogens is 3. The first-order chi connectivity index (χ1) is 11.1. The number of nitrogens with one attached hydrogen (secondary N) is 1. The number of para-hydroxylation sites is 2.